The number of carbonyl (C=O) groups is 3. The van der Waals surface area contributed by atoms with E-state index in [1.165, 1.54) is 42.0 Å². The molecule has 2 fully saturated rings. The van der Waals surface area contributed by atoms with Crippen molar-refractivity contribution < 1.29 is 14.4 Å². The molecule has 39 heavy (non-hydrogen) atoms. The third-order valence-corrected chi connectivity index (χ3v) is 8.33. The molecule has 0 radical (unpaired) electrons. The van der Waals surface area contributed by atoms with Crippen molar-refractivity contribution >= 4 is 23.8 Å². The molecule has 3 N–H and O–H groups in total. The van der Waals surface area contributed by atoms with Crippen LogP contribution in [0, 0.1) is 25.7 Å². The summed E-state index contributed by atoms with van der Waals surface area (Å²) in [6.07, 6.45) is 11.7. The van der Waals surface area contributed by atoms with Gasteiger partial charge in [0.05, 0.1) is 0 Å². The maximum absolute atomic E-state index is 13.8. The number of hydrogen-bond acceptors (Lipinski definition) is 3. The molecule has 1 saturated carbocycles. The molecule has 2 aromatic carbocycles. The number of nitrogens with one attached hydrogen (secondary N) is 3. The first-order chi connectivity index (χ1) is 18.9. The standard InChI is InChI=1S/C33H43N3O3/c1-23-10-9-11-24(2)29(23)22-28(21-27-18-19-34-32(27)38)35-33(39)30(20-26-14-7-4-8-15-26)36-31(37)17-16-25-12-5-3-6-13-25/h3,5-6,9-13,16-17,26-28,30H,4,7-8,14-15,18-22H2,1-2H3,(H,34,38)(H,35,39)(H,36,37)/t27-,28-,30-/m0/s1. The van der Waals surface area contributed by atoms with Gasteiger partial charge < -0.3 is 16.0 Å². The fraction of sp³-hybridized carbons (Fsp3) is 0.485. The highest BCUT2D eigenvalue weighted by Gasteiger charge is 2.31. The summed E-state index contributed by atoms with van der Waals surface area (Å²) in [6, 6.07) is 15.1. The summed E-state index contributed by atoms with van der Waals surface area (Å²) in [7, 11) is 0. The number of carbonyl (C=O) groups excluding carboxylic acids is 3. The Morgan fingerprint density at radius 3 is 2.31 bits per heavy atom. The Kier molecular flexibility index (Phi) is 10.3. The highest BCUT2D eigenvalue weighted by Crippen LogP contribution is 2.28. The average Bonchev–Trinajstić information content (AvgIpc) is 3.34. The van der Waals surface area contributed by atoms with Gasteiger partial charge in [0.1, 0.15) is 6.04 Å². The first kappa shape index (κ1) is 28.6. The number of aryl methyl sites for hydroxylation is 2. The predicted octanol–water partition coefficient (Wildman–Crippen LogP) is 5.03. The molecule has 6 nitrogen and oxygen atoms in total. The van der Waals surface area contributed by atoms with Crippen molar-refractivity contribution in [1.29, 1.82) is 0 Å². The summed E-state index contributed by atoms with van der Waals surface area (Å²) in [5, 5.41) is 9.22. The summed E-state index contributed by atoms with van der Waals surface area (Å²) in [6.45, 7) is 4.87. The van der Waals surface area contributed by atoms with Crippen LogP contribution in [0.4, 0.5) is 0 Å². The lowest BCUT2D eigenvalue weighted by atomic mass is 9.84. The highest BCUT2D eigenvalue weighted by molar-refractivity contribution is 5.95. The van der Waals surface area contributed by atoms with Gasteiger partial charge in [0, 0.05) is 24.6 Å². The van der Waals surface area contributed by atoms with Gasteiger partial charge in [-0.05, 0) is 73.8 Å². The Hall–Kier alpha value is -3.41. The maximum Gasteiger partial charge on any atom is 0.244 e. The van der Waals surface area contributed by atoms with E-state index in [9.17, 15) is 14.4 Å². The maximum atomic E-state index is 13.8. The Bertz CT molecular complexity index is 1130. The minimum absolute atomic E-state index is 0.0638. The minimum atomic E-state index is -0.612. The summed E-state index contributed by atoms with van der Waals surface area (Å²) >= 11 is 0. The normalized spacial score (nSPS) is 19.4. The smallest absolute Gasteiger partial charge is 0.244 e. The molecule has 0 unspecified atom stereocenters. The van der Waals surface area contributed by atoms with Crippen LogP contribution in [-0.4, -0.2) is 36.3 Å². The number of benzene rings is 2. The Morgan fingerprint density at radius 1 is 0.923 bits per heavy atom. The van der Waals surface area contributed by atoms with E-state index >= 15 is 0 Å². The van der Waals surface area contributed by atoms with Gasteiger partial charge in [0.2, 0.25) is 17.7 Å². The molecular weight excluding hydrogens is 486 g/mol. The van der Waals surface area contributed by atoms with Crippen molar-refractivity contribution in [3.8, 4) is 0 Å². The summed E-state index contributed by atoms with van der Waals surface area (Å²) in [4.78, 5) is 39.2. The van der Waals surface area contributed by atoms with Crippen LogP contribution in [0.3, 0.4) is 0 Å². The van der Waals surface area contributed by atoms with Crippen LogP contribution in [0.25, 0.3) is 6.08 Å². The molecule has 1 aliphatic carbocycles. The van der Waals surface area contributed by atoms with E-state index < -0.39 is 6.04 Å². The molecule has 1 aliphatic heterocycles. The second-order valence-electron chi connectivity index (χ2n) is 11.3. The van der Waals surface area contributed by atoms with Crippen molar-refractivity contribution in [2.45, 2.75) is 83.7 Å². The Balaban J connectivity index is 1.50. The SMILES string of the molecule is Cc1cccc(C)c1C[C@H](C[C@@H]1CCNC1=O)NC(=O)[C@H](CC1CCCCC1)NC(=O)C=Cc1ccccc1. The van der Waals surface area contributed by atoms with Crippen molar-refractivity contribution in [2.24, 2.45) is 11.8 Å². The largest absolute Gasteiger partial charge is 0.356 e. The molecule has 3 atom stereocenters. The quantitative estimate of drug-likeness (QED) is 0.357. The van der Waals surface area contributed by atoms with Gasteiger partial charge in [0.25, 0.3) is 0 Å². The topological polar surface area (TPSA) is 87.3 Å². The molecule has 4 rings (SSSR count). The Labute approximate surface area is 233 Å². The molecule has 0 bridgehead atoms. The number of hydrogen-bond donors (Lipinski definition) is 3. The average molecular weight is 530 g/mol. The molecule has 0 spiro atoms. The van der Waals surface area contributed by atoms with Gasteiger partial charge in [-0.2, -0.15) is 0 Å². The molecule has 2 aliphatic rings. The van der Waals surface area contributed by atoms with Crippen molar-refractivity contribution in [1.82, 2.24) is 16.0 Å². The zero-order valence-electron chi connectivity index (χ0n) is 23.4. The zero-order valence-corrected chi connectivity index (χ0v) is 23.4. The van der Waals surface area contributed by atoms with Crippen LogP contribution in [0.1, 0.15) is 73.6 Å². The minimum Gasteiger partial charge on any atom is -0.356 e. The zero-order chi connectivity index (χ0) is 27.6. The molecule has 208 valence electrons. The van der Waals surface area contributed by atoms with Crippen LogP contribution < -0.4 is 16.0 Å². The molecule has 0 aromatic heterocycles. The van der Waals surface area contributed by atoms with Gasteiger partial charge in [0.15, 0.2) is 0 Å². The van der Waals surface area contributed by atoms with E-state index in [1.807, 2.05) is 36.4 Å². The van der Waals surface area contributed by atoms with Crippen molar-refractivity contribution in [3.05, 3.63) is 76.9 Å². The van der Waals surface area contributed by atoms with Crippen molar-refractivity contribution in [2.75, 3.05) is 6.54 Å². The van der Waals surface area contributed by atoms with Crippen LogP contribution in [-0.2, 0) is 20.8 Å². The summed E-state index contributed by atoms with van der Waals surface area (Å²) in [5.74, 6) is -0.0489. The number of rotatable bonds is 11. The summed E-state index contributed by atoms with van der Waals surface area (Å²) in [5.41, 5.74) is 4.51. The van der Waals surface area contributed by atoms with Crippen LogP contribution in [0.5, 0.6) is 0 Å². The molecule has 2 aromatic rings. The fourth-order valence-corrected chi connectivity index (χ4v) is 6.07. The second kappa shape index (κ2) is 14.1. The van der Waals surface area contributed by atoms with Crippen LogP contribution in [0.15, 0.2) is 54.6 Å². The first-order valence-electron chi connectivity index (χ1n) is 14.6. The lowest BCUT2D eigenvalue weighted by molar-refractivity contribution is -0.128. The molecular formula is C33H43N3O3. The first-order valence-corrected chi connectivity index (χ1v) is 14.6. The fourth-order valence-electron chi connectivity index (χ4n) is 6.07. The predicted molar refractivity (Wildman–Crippen MR) is 156 cm³/mol. The lowest BCUT2D eigenvalue weighted by Gasteiger charge is -2.29. The molecule has 1 heterocycles. The van der Waals surface area contributed by atoms with Gasteiger partial charge in [-0.15, -0.1) is 0 Å². The summed E-state index contributed by atoms with van der Waals surface area (Å²) < 4.78 is 0. The number of amides is 3. The van der Waals surface area contributed by atoms with E-state index in [-0.39, 0.29) is 29.7 Å². The van der Waals surface area contributed by atoms with E-state index in [1.54, 1.807) is 6.08 Å². The monoisotopic (exact) mass is 529 g/mol. The van der Waals surface area contributed by atoms with E-state index in [4.69, 9.17) is 0 Å². The van der Waals surface area contributed by atoms with E-state index in [2.05, 4.69) is 41.9 Å². The van der Waals surface area contributed by atoms with E-state index in [0.29, 0.717) is 31.7 Å². The third-order valence-electron chi connectivity index (χ3n) is 8.33. The van der Waals surface area contributed by atoms with E-state index in [0.717, 1.165) is 24.8 Å². The second-order valence-corrected chi connectivity index (χ2v) is 11.3. The van der Waals surface area contributed by atoms with Gasteiger partial charge in [-0.25, -0.2) is 0 Å². The van der Waals surface area contributed by atoms with Crippen LogP contribution in [0.2, 0.25) is 0 Å². The van der Waals surface area contributed by atoms with Gasteiger partial charge in [-0.1, -0.05) is 80.6 Å². The van der Waals surface area contributed by atoms with Gasteiger partial charge >= 0.3 is 0 Å². The lowest BCUT2D eigenvalue weighted by Crippen LogP contribution is -2.51. The molecule has 6 heteroatoms. The molecule has 1 saturated heterocycles. The molecule has 3 amide bonds. The van der Waals surface area contributed by atoms with Crippen molar-refractivity contribution in [3.63, 3.8) is 0 Å². The van der Waals surface area contributed by atoms with Crippen LogP contribution >= 0.6 is 0 Å². The Morgan fingerprint density at radius 2 is 1.64 bits per heavy atom. The third kappa shape index (κ3) is 8.54. The van der Waals surface area contributed by atoms with Gasteiger partial charge in [-0.3, -0.25) is 14.4 Å². The highest BCUT2D eigenvalue weighted by atomic mass is 16.2.